The molecule has 138 valence electrons. The molecule has 0 saturated heterocycles. The number of carbonyl (C=O) groups excluding carboxylic acids is 1. The third kappa shape index (κ3) is 3.45. The van der Waals surface area contributed by atoms with Gasteiger partial charge in [0.25, 0.3) is 0 Å². The zero-order chi connectivity index (χ0) is 19.0. The predicted molar refractivity (Wildman–Crippen MR) is 106 cm³/mol. The Morgan fingerprint density at radius 3 is 2.19 bits per heavy atom. The summed E-state index contributed by atoms with van der Waals surface area (Å²) < 4.78 is 25.1. The number of rotatable bonds is 6. The molecule has 0 spiro atoms. The molecule has 0 atom stereocenters. The molecule has 1 N–H and O–H groups in total. The summed E-state index contributed by atoms with van der Waals surface area (Å²) in [5.41, 5.74) is 1.13. The third-order valence-corrected chi connectivity index (χ3v) is 8.12. The van der Waals surface area contributed by atoms with E-state index < -0.39 is 20.5 Å². The Kier molecular flexibility index (Phi) is 5.01. The van der Waals surface area contributed by atoms with Crippen molar-refractivity contribution in [3.63, 3.8) is 0 Å². The first-order valence-electron chi connectivity index (χ1n) is 8.53. The first-order chi connectivity index (χ1) is 12.2. The molecule has 3 rings (SSSR count). The highest BCUT2D eigenvalue weighted by atomic mass is 79.9. The molecular formula is C20H22BrNO3S. The van der Waals surface area contributed by atoms with E-state index in [0.717, 1.165) is 17.3 Å². The lowest BCUT2D eigenvalue weighted by Crippen LogP contribution is -2.49. The summed E-state index contributed by atoms with van der Waals surface area (Å²) in [5.74, 6) is -0.470. The van der Waals surface area contributed by atoms with Gasteiger partial charge in [-0.15, -0.1) is 0 Å². The predicted octanol–water partition coefficient (Wildman–Crippen LogP) is 3.85. The second kappa shape index (κ2) is 6.82. The van der Waals surface area contributed by atoms with E-state index in [-0.39, 0.29) is 10.3 Å². The zero-order valence-corrected chi connectivity index (χ0v) is 17.2. The van der Waals surface area contributed by atoms with Crippen molar-refractivity contribution >= 4 is 31.7 Å². The van der Waals surface area contributed by atoms with Crippen LogP contribution in [0.5, 0.6) is 0 Å². The van der Waals surface area contributed by atoms with Crippen LogP contribution in [-0.4, -0.2) is 25.6 Å². The van der Waals surface area contributed by atoms with E-state index in [1.807, 2.05) is 18.2 Å². The monoisotopic (exact) mass is 435 g/mol. The lowest BCUT2D eigenvalue weighted by Gasteiger charge is -2.26. The molecule has 2 aromatic carbocycles. The minimum absolute atomic E-state index is 0.0611. The molecule has 6 heteroatoms. The minimum Gasteiger partial charge on any atom is -0.354 e. The molecule has 4 nitrogen and oxygen atoms in total. The summed E-state index contributed by atoms with van der Waals surface area (Å²) in [6.45, 7) is 3.37. The molecule has 0 bridgehead atoms. The zero-order valence-electron chi connectivity index (χ0n) is 14.8. The van der Waals surface area contributed by atoms with E-state index in [1.54, 1.807) is 12.1 Å². The maximum Gasteiger partial charge on any atom is 0.241 e. The molecule has 0 unspecified atom stereocenters. The normalized spacial score (nSPS) is 16.1. The van der Waals surface area contributed by atoms with E-state index in [2.05, 4.69) is 33.4 Å². The van der Waals surface area contributed by atoms with Crippen LogP contribution in [0.2, 0.25) is 0 Å². The van der Waals surface area contributed by atoms with Gasteiger partial charge in [-0.1, -0.05) is 46.3 Å². The van der Waals surface area contributed by atoms with Crippen LogP contribution in [0.4, 0.5) is 0 Å². The lowest BCUT2D eigenvalue weighted by molar-refractivity contribution is -0.123. The second-order valence-corrected chi connectivity index (χ2v) is 10.7. The Bertz CT molecular complexity index is 902. The van der Waals surface area contributed by atoms with E-state index in [1.165, 1.54) is 31.5 Å². The SMILES string of the molecule is CC(C)(C(=O)NCC1(c2ccccc2)CC1)S(=O)(=O)c1ccc(Br)cc1. The summed E-state index contributed by atoms with van der Waals surface area (Å²) in [6.07, 6.45) is 1.99. The molecule has 1 saturated carbocycles. The van der Waals surface area contributed by atoms with Crippen LogP contribution in [0.25, 0.3) is 0 Å². The van der Waals surface area contributed by atoms with Gasteiger partial charge in [0.05, 0.1) is 4.90 Å². The minimum atomic E-state index is -3.80. The van der Waals surface area contributed by atoms with Crippen molar-refractivity contribution in [2.24, 2.45) is 0 Å². The van der Waals surface area contributed by atoms with Gasteiger partial charge in [0.2, 0.25) is 5.91 Å². The fourth-order valence-electron chi connectivity index (χ4n) is 3.00. The maximum absolute atomic E-state index is 12.9. The Labute approximate surface area is 163 Å². The summed E-state index contributed by atoms with van der Waals surface area (Å²) >= 11 is 3.29. The molecule has 26 heavy (non-hydrogen) atoms. The van der Waals surface area contributed by atoms with Gasteiger partial charge in [-0.25, -0.2) is 8.42 Å². The quantitative estimate of drug-likeness (QED) is 0.749. The number of hydrogen-bond donors (Lipinski definition) is 1. The van der Waals surface area contributed by atoms with Crippen molar-refractivity contribution in [2.45, 2.75) is 41.7 Å². The number of halogens is 1. The van der Waals surface area contributed by atoms with E-state index >= 15 is 0 Å². The molecule has 0 aliphatic heterocycles. The van der Waals surface area contributed by atoms with Gasteiger partial charge in [0.15, 0.2) is 9.84 Å². The largest absolute Gasteiger partial charge is 0.354 e. The Balaban J connectivity index is 1.75. The van der Waals surface area contributed by atoms with Gasteiger partial charge in [0, 0.05) is 16.4 Å². The van der Waals surface area contributed by atoms with Gasteiger partial charge < -0.3 is 5.32 Å². The van der Waals surface area contributed by atoms with Crippen LogP contribution in [0.3, 0.4) is 0 Å². The number of benzene rings is 2. The van der Waals surface area contributed by atoms with Crippen molar-refractivity contribution < 1.29 is 13.2 Å². The Morgan fingerprint density at radius 2 is 1.65 bits per heavy atom. The Morgan fingerprint density at radius 1 is 1.08 bits per heavy atom. The van der Waals surface area contributed by atoms with Crippen molar-refractivity contribution in [2.75, 3.05) is 6.54 Å². The lowest BCUT2D eigenvalue weighted by atomic mass is 9.96. The summed E-state index contributed by atoms with van der Waals surface area (Å²) in [6, 6.07) is 16.4. The number of amides is 1. The highest BCUT2D eigenvalue weighted by molar-refractivity contribution is 9.10. The molecule has 2 aromatic rings. The van der Waals surface area contributed by atoms with E-state index in [9.17, 15) is 13.2 Å². The van der Waals surface area contributed by atoms with E-state index in [0.29, 0.717) is 6.54 Å². The van der Waals surface area contributed by atoms with Crippen molar-refractivity contribution in [1.29, 1.82) is 0 Å². The first-order valence-corrected chi connectivity index (χ1v) is 10.8. The van der Waals surface area contributed by atoms with Crippen molar-refractivity contribution in [3.05, 3.63) is 64.6 Å². The molecule has 1 aliphatic rings. The average Bonchev–Trinajstić information content (AvgIpc) is 3.42. The molecule has 0 radical (unpaired) electrons. The van der Waals surface area contributed by atoms with Gasteiger partial charge in [-0.05, 0) is 56.5 Å². The van der Waals surface area contributed by atoms with E-state index in [4.69, 9.17) is 0 Å². The van der Waals surface area contributed by atoms with Gasteiger partial charge >= 0.3 is 0 Å². The number of carbonyl (C=O) groups is 1. The molecule has 1 amide bonds. The Hall–Kier alpha value is -1.66. The summed E-state index contributed by atoms with van der Waals surface area (Å²) in [4.78, 5) is 12.9. The number of sulfone groups is 1. The van der Waals surface area contributed by atoms with Gasteiger partial charge in [-0.2, -0.15) is 0 Å². The van der Waals surface area contributed by atoms with Crippen LogP contribution in [0.15, 0.2) is 64.0 Å². The topological polar surface area (TPSA) is 63.2 Å². The molecule has 0 aromatic heterocycles. The molecule has 1 fully saturated rings. The van der Waals surface area contributed by atoms with Crippen molar-refractivity contribution in [3.8, 4) is 0 Å². The molecular weight excluding hydrogens is 414 g/mol. The fourth-order valence-corrected chi connectivity index (χ4v) is 4.67. The fraction of sp³-hybridized carbons (Fsp3) is 0.350. The van der Waals surface area contributed by atoms with Gasteiger partial charge in [-0.3, -0.25) is 4.79 Å². The summed E-state index contributed by atoms with van der Waals surface area (Å²) in [5, 5.41) is 2.88. The number of nitrogens with one attached hydrogen (secondary N) is 1. The molecule has 1 aliphatic carbocycles. The third-order valence-electron chi connectivity index (χ3n) is 5.17. The van der Waals surface area contributed by atoms with Crippen molar-refractivity contribution in [1.82, 2.24) is 5.32 Å². The molecule has 0 heterocycles. The van der Waals surface area contributed by atoms with Crippen LogP contribution in [-0.2, 0) is 20.0 Å². The second-order valence-electron chi connectivity index (χ2n) is 7.30. The smallest absolute Gasteiger partial charge is 0.241 e. The summed E-state index contributed by atoms with van der Waals surface area (Å²) in [7, 11) is -3.80. The average molecular weight is 436 g/mol. The van der Waals surface area contributed by atoms with Gasteiger partial charge in [0.1, 0.15) is 4.75 Å². The highest BCUT2D eigenvalue weighted by Gasteiger charge is 2.47. The highest BCUT2D eigenvalue weighted by Crippen LogP contribution is 2.47. The van der Waals surface area contributed by atoms with Crippen LogP contribution in [0, 0.1) is 0 Å². The number of hydrogen-bond acceptors (Lipinski definition) is 3. The maximum atomic E-state index is 12.9. The first kappa shape index (κ1) is 19.1. The van der Waals surface area contributed by atoms with Crippen LogP contribution >= 0.6 is 15.9 Å². The van der Waals surface area contributed by atoms with Crippen LogP contribution in [0.1, 0.15) is 32.3 Å². The standard InChI is InChI=1S/C20H22BrNO3S/c1-19(2,26(24,25)17-10-8-16(21)9-11-17)18(23)22-14-20(12-13-20)15-6-4-3-5-7-15/h3-11H,12-14H2,1-2H3,(H,22,23). The van der Waals surface area contributed by atoms with Crippen LogP contribution < -0.4 is 5.32 Å².